The fraction of sp³-hybridized carbons (Fsp3) is 0.667. The summed E-state index contributed by atoms with van der Waals surface area (Å²) in [5.74, 6) is 0.176. The first-order valence-electron chi connectivity index (χ1n) is 4.24. The third-order valence-corrected chi connectivity index (χ3v) is 1.98. The average molecular weight is 168 g/mol. The van der Waals surface area contributed by atoms with Gasteiger partial charge in [-0.25, -0.2) is 0 Å². The van der Waals surface area contributed by atoms with Gasteiger partial charge in [0.05, 0.1) is 0 Å². The van der Waals surface area contributed by atoms with E-state index in [0.29, 0.717) is 0 Å². The second-order valence-electron chi connectivity index (χ2n) is 3.45. The molecule has 3 nitrogen and oxygen atoms in total. The number of nitrogens with zero attached hydrogens (tertiary/aromatic N) is 2. The highest BCUT2D eigenvalue weighted by atomic mass is 16.2. The molecule has 0 aliphatic carbocycles. The van der Waals surface area contributed by atoms with Gasteiger partial charge in [-0.3, -0.25) is 4.79 Å². The lowest BCUT2D eigenvalue weighted by molar-refractivity contribution is -0.127. The van der Waals surface area contributed by atoms with E-state index in [1.807, 2.05) is 32.2 Å². The minimum absolute atomic E-state index is 0.176. The van der Waals surface area contributed by atoms with Crippen molar-refractivity contribution in [2.45, 2.75) is 12.8 Å². The van der Waals surface area contributed by atoms with E-state index in [4.69, 9.17) is 0 Å². The van der Waals surface area contributed by atoms with Gasteiger partial charge in [0.2, 0.25) is 0 Å². The molecular formula is C9H16N2O. The third-order valence-electron chi connectivity index (χ3n) is 1.98. The maximum Gasteiger partial charge on any atom is 0.250 e. The molecule has 1 amide bonds. The van der Waals surface area contributed by atoms with Crippen LogP contribution < -0.4 is 0 Å². The molecular weight excluding hydrogens is 152 g/mol. The minimum Gasteiger partial charge on any atom is -0.383 e. The molecule has 1 heterocycles. The van der Waals surface area contributed by atoms with Crippen molar-refractivity contribution in [3.05, 3.63) is 11.8 Å². The fourth-order valence-corrected chi connectivity index (χ4v) is 1.39. The molecule has 12 heavy (non-hydrogen) atoms. The number of piperidine rings is 1. The van der Waals surface area contributed by atoms with E-state index < -0.39 is 0 Å². The number of amides is 1. The molecule has 1 rings (SSSR count). The molecule has 1 saturated heterocycles. The maximum atomic E-state index is 11.5. The monoisotopic (exact) mass is 168 g/mol. The number of carbonyl (C=O) groups is 1. The number of hydrogen-bond donors (Lipinski definition) is 0. The molecule has 0 aromatic heterocycles. The molecule has 3 heteroatoms. The standard InChI is InChI=1S/C9H16N2O/c1-10(2)7-8-5-4-6-11(3)9(8)12/h7H,4-6H2,1-3H3/b8-7+. The van der Waals surface area contributed by atoms with Crippen molar-refractivity contribution in [2.24, 2.45) is 0 Å². The summed E-state index contributed by atoms with van der Waals surface area (Å²) in [6.45, 7) is 0.892. The van der Waals surface area contributed by atoms with Crippen LogP contribution in [0.1, 0.15) is 12.8 Å². The van der Waals surface area contributed by atoms with Crippen molar-refractivity contribution in [1.82, 2.24) is 9.80 Å². The zero-order valence-corrected chi connectivity index (χ0v) is 8.00. The molecule has 1 fully saturated rings. The van der Waals surface area contributed by atoms with E-state index >= 15 is 0 Å². The molecule has 0 atom stereocenters. The summed E-state index contributed by atoms with van der Waals surface area (Å²) < 4.78 is 0. The van der Waals surface area contributed by atoms with Crippen LogP contribution in [0.4, 0.5) is 0 Å². The lowest BCUT2D eigenvalue weighted by Gasteiger charge is -2.25. The summed E-state index contributed by atoms with van der Waals surface area (Å²) in [6, 6.07) is 0. The van der Waals surface area contributed by atoms with Crippen LogP contribution in [0.15, 0.2) is 11.8 Å². The molecule has 0 bridgehead atoms. The Labute approximate surface area is 73.6 Å². The van der Waals surface area contributed by atoms with Crippen molar-refractivity contribution in [3.63, 3.8) is 0 Å². The van der Waals surface area contributed by atoms with E-state index in [1.165, 1.54) is 0 Å². The van der Waals surface area contributed by atoms with E-state index in [2.05, 4.69) is 0 Å². The van der Waals surface area contributed by atoms with Gasteiger partial charge < -0.3 is 9.80 Å². The van der Waals surface area contributed by atoms with Crippen LogP contribution in [0.25, 0.3) is 0 Å². The van der Waals surface area contributed by atoms with Gasteiger partial charge in [0, 0.05) is 39.5 Å². The highest BCUT2D eigenvalue weighted by molar-refractivity contribution is 5.93. The number of likely N-dealkylation sites (tertiary alicyclic amines) is 1. The van der Waals surface area contributed by atoms with Gasteiger partial charge in [-0.15, -0.1) is 0 Å². The Balaban J connectivity index is 2.70. The summed E-state index contributed by atoms with van der Waals surface area (Å²) in [5.41, 5.74) is 0.925. The Morgan fingerprint density at radius 1 is 1.50 bits per heavy atom. The van der Waals surface area contributed by atoms with Crippen molar-refractivity contribution in [3.8, 4) is 0 Å². The molecule has 0 radical (unpaired) electrons. The lowest BCUT2D eigenvalue weighted by Crippen LogP contribution is -2.33. The van der Waals surface area contributed by atoms with Gasteiger partial charge >= 0.3 is 0 Å². The van der Waals surface area contributed by atoms with Gasteiger partial charge in [-0.2, -0.15) is 0 Å². The van der Waals surface area contributed by atoms with Gasteiger partial charge in [-0.1, -0.05) is 0 Å². The molecule has 0 unspecified atom stereocenters. The third kappa shape index (κ3) is 2.00. The van der Waals surface area contributed by atoms with Crippen molar-refractivity contribution in [1.29, 1.82) is 0 Å². The largest absolute Gasteiger partial charge is 0.383 e. The number of hydrogen-bond acceptors (Lipinski definition) is 2. The van der Waals surface area contributed by atoms with Crippen LogP contribution in [-0.4, -0.2) is 43.4 Å². The van der Waals surface area contributed by atoms with E-state index in [1.54, 1.807) is 4.90 Å². The van der Waals surface area contributed by atoms with Crippen LogP contribution in [0.5, 0.6) is 0 Å². The number of likely N-dealkylation sites (N-methyl/N-ethyl adjacent to an activating group) is 1. The first-order valence-corrected chi connectivity index (χ1v) is 4.24. The zero-order valence-electron chi connectivity index (χ0n) is 8.00. The van der Waals surface area contributed by atoms with Crippen LogP contribution in [0.3, 0.4) is 0 Å². The van der Waals surface area contributed by atoms with Crippen molar-refractivity contribution in [2.75, 3.05) is 27.7 Å². The molecule has 68 valence electrons. The molecule has 0 N–H and O–H groups in total. The summed E-state index contributed by atoms with van der Waals surface area (Å²) in [4.78, 5) is 15.2. The SMILES string of the molecule is CN(C)/C=C1\CCCN(C)C1=O. The highest BCUT2D eigenvalue weighted by Gasteiger charge is 2.19. The molecule has 1 aliphatic heterocycles. The second-order valence-corrected chi connectivity index (χ2v) is 3.45. The van der Waals surface area contributed by atoms with Gasteiger partial charge in [0.1, 0.15) is 0 Å². The summed E-state index contributed by atoms with van der Waals surface area (Å²) in [7, 11) is 5.73. The lowest BCUT2D eigenvalue weighted by atomic mass is 10.1. The van der Waals surface area contributed by atoms with Gasteiger partial charge in [0.25, 0.3) is 5.91 Å². The molecule has 0 spiro atoms. The fourth-order valence-electron chi connectivity index (χ4n) is 1.39. The minimum atomic E-state index is 0.176. The first kappa shape index (κ1) is 9.10. The second kappa shape index (κ2) is 3.61. The first-order chi connectivity index (χ1) is 5.61. The zero-order chi connectivity index (χ0) is 9.14. The van der Waals surface area contributed by atoms with Crippen molar-refractivity contribution >= 4 is 5.91 Å². The quantitative estimate of drug-likeness (QED) is 0.538. The molecule has 1 aliphatic rings. The highest BCUT2D eigenvalue weighted by Crippen LogP contribution is 2.15. The maximum absolute atomic E-state index is 11.5. The average Bonchev–Trinajstić information content (AvgIpc) is 1.98. The van der Waals surface area contributed by atoms with E-state index in [0.717, 1.165) is 25.0 Å². The Bertz CT molecular complexity index is 209. The topological polar surface area (TPSA) is 23.6 Å². The van der Waals surface area contributed by atoms with Gasteiger partial charge in [-0.05, 0) is 12.8 Å². The Morgan fingerprint density at radius 3 is 2.75 bits per heavy atom. The smallest absolute Gasteiger partial charge is 0.250 e. The molecule has 0 aromatic carbocycles. The molecule has 0 aromatic rings. The summed E-state index contributed by atoms with van der Waals surface area (Å²) in [6.07, 6.45) is 3.92. The van der Waals surface area contributed by atoms with Gasteiger partial charge in [0.15, 0.2) is 0 Å². The van der Waals surface area contributed by atoms with E-state index in [-0.39, 0.29) is 5.91 Å². The Morgan fingerprint density at radius 2 is 2.17 bits per heavy atom. The Kier molecular flexibility index (Phi) is 2.74. The van der Waals surface area contributed by atoms with E-state index in [9.17, 15) is 4.79 Å². The summed E-state index contributed by atoms with van der Waals surface area (Å²) >= 11 is 0. The van der Waals surface area contributed by atoms with Crippen LogP contribution in [0.2, 0.25) is 0 Å². The Hall–Kier alpha value is -0.990. The summed E-state index contributed by atoms with van der Waals surface area (Å²) in [5, 5.41) is 0. The predicted molar refractivity (Wildman–Crippen MR) is 48.6 cm³/mol. The van der Waals surface area contributed by atoms with Crippen LogP contribution in [-0.2, 0) is 4.79 Å². The number of carbonyl (C=O) groups excluding carboxylic acids is 1. The molecule has 0 saturated carbocycles. The predicted octanol–water partition coefficient (Wildman–Crippen LogP) is 0.684. The normalized spacial score (nSPS) is 21.8. The number of rotatable bonds is 1. The van der Waals surface area contributed by atoms with Crippen LogP contribution in [0, 0.1) is 0 Å². The van der Waals surface area contributed by atoms with Crippen LogP contribution >= 0.6 is 0 Å². The van der Waals surface area contributed by atoms with Crippen molar-refractivity contribution < 1.29 is 4.79 Å².